The van der Waals surface area contributed by atoms with Crippen molar-refractivity contribution in [2.45, 2.75) is 90.6 Å². The number of benzene rings is 3. The van der Waals surface area contributed by atoms with Crippen LogP contribution in [-0.2, 0) is 47.5 Å². The molecule has 1 fully saturated rings. The molecule has 1 heterocycles. The fourth-order valence-corrected chi connectivity index (χ4v) is 5.59. The van der Waals surface area contributed by atoms with Crippen LogP contribution in [0.4, 0.5) is 5.69 Å². The largest absolute Gasteiger partial charge is 2.00 e. The summed E-state index contributed by atoms with van der Waals surface area (Å²) in [6, 6.07) is 23.6. The summed E-state index contributed by atoms with van der Waals surface area (Å²) in [5.74, 6) is -5.36. The van der Waals surface area contributed by atoms with Gasteiger partial charge in [0.2, 0.25) is 0 Å². The number of hydrogen-bond acceptors (Lipinski definition) is 10. The molecule has 0 bridgehead atoms. The quantitative estimate of drug-likeness (QED) is 0.0879. The number of para-hydroxylation sites is 1. The predicted octanol–water partition coefficient (Wildman–Crippen LogP) is 4.38. The number of hydrogen-bond donors (Lipinski definition) is 0. The zero-order valence-electron chi connectivity index (χ0n) is 29.4. The van der Waals surface area contributed by atoms with Crippen molar-refractivity contribution in [1.82, 2.24) is 4.90 Å². The van der Waals surface area contributed by atoms with Crippen LogP contribution in [0, 0.1) is 5.92 Å². The van der Waals surface area contributed by atoms with Gasteiger partial charge in [0.1, 0.15) is 11.2 Å². The second-order valence-electron chi connectivity index (χ2n) is 14.1. The molecule has 50 heavy (non-hydrogen) atoms. The van der Waals surface area contributed by atoms with Crippen molar-refractivity contribution in [2.75, 3.05) is 6.54 Å². The van der Waals surface area contributed by atoms with Gasteiger partial charge in [0.25, 0.3) is 0 Å². The molecule has 3 aromatic carbocycles. The van der Waals surface area contributed by atoms with Crippen LogP contribution in [0.25, 0.3) is 0 Å². The third-order valence-corrected chi connectivity index (χ3v) is 7.71. The standard InChI is InChI=1S/C39H47N3O7.Cu/c1-38(2,3)48-36(46)29(37(47)49-39(4,5)6)24-31(35(44)45)40-33(27-18-11-8-12-19-27)28-20-13-14-21-30(28)41-34(43)32-22-15-23-42(32)25-26-16-9-7-10-17-26;/h7-14,16-21,29,31-32H,15,22-25H2,1-6H3,(H,41,43)(H,44,45);/q;+2/p-2/t31-,32-;/m0./s1. The minimum atomic E-state index is -1.67. The van der Waals surface area contributed by atoms with Crippen molar-refractivity contribution >= 4 is 35.2 Å². The Hall–Kier alpha value is -4.31. The summed E-state index contributed by atoms with van der Waals surface area (Å²) in [7, 11) is 0. The predicted molar refractivity (Wildman–Crippen MR) is 184 cm³/mol. The van der Waals surface area contributed by atoms with Gasteiger partial charge in [-0.1, -0.05) is 78.9 Å². The van der Waals surface area contributed by atoms with Crippen LogP contribution in [-0.4, -0.2) is 64.2 Å². The summed E-state index contributed by atoms with van der Waals surface area (Å²) in [6.07, 6.45) is 0.957. The monoisotopic (exact) mass is 730 g/mol. The zero-order chi connectivity index (χ0) is 35.8. The van der Waals surface area contributed by atoms with Gasteiger partial charge in [-0.3, -0.25) is 24.5 Å². The maximum atomic E-state index is 13.7. The fraction of sp³-hybridized carbons (Fsp3) is 0.410. The van der Waals surface area contributed by atoms with Crippen molar-refractivity contribution in [3.63, 3.8) is 0 Å². The molecule has 0 aliphatic carbocycles. The van der Waals surface area contributed by atoms with Crippen molar-refractivity contribution in [3.8, 4) is 0 Å². The Morgan fingerprint density at radius 1 is 0.820 bits per heavy atom. The van der Waals surface area contributed by atoms with Gasteiger partial charge >= 0.3 is 29.0 Å². The van der Waals surface area contributed by atoms with Crippen LogP contribution in [0.2, 0.25) is 0 Å². The van der Waals surface area contributed by atoms with Gasteiger partial charge < -0.3 is 24.5 Å². The summed E-state index contributed by atoms with van der Waals surface area (Å²) in [5, 5.41) is 26.4. The topological polar surface area (TPSA) is 144 Å². The number of aliphatic carboxylic acids is 1. The van der Waals surface area contributed by atoms with Gasteiger partial charge in [-0.05, 0) is 84.9 Å². The molecule has 0 aromatic heterocycles. The van der Waals surface area contributed by atoms with E-state index in [0.29, 0.717) is 29.8 Å². The fourth-order valence-electron chi connectivity index (χ4n) is 5.59. The third-order valence-electron chi connectivity index (χ3n) is 7.71. The molecule has 1 radical (unpaired) electrons. The molecule has 1 aliphatic rings. The molecule has 0 unspecified atom stereocenters. The number of carbonyl (C=O) groups is 3. The second-order valence-corrected chi connectivity index (χ2v) is 14.1. The third kappa shape index (κ3) is 11.6. The number of carboxylic acids is 1. The SMILES string of the molecule is CC(C)(C)OC(=O)C(C[C@H](N=C(c1ccccc1)c1ccccc1N=C([O-])[C@@H]1CCCN1Cc1ccccc1)C(=O)[O-])C(=O)OC(C)(C)C.[Cu+2]. The Morgan fingerprint density at radius 3 is 1.92 bits per heavy atom. The molecule has 1 aliphatic heterocycles. The molecule has 2 atom stereocenters. The first-order chi connectivity index (χ1) is 23.1. The van der Waals surface area contributed by atoms with Crippen LogP contribution in [0.3, 0.4) is 0 Å². The Kier molecular flexibility index (Phi) is 14.1. The maximum absolute atomic E-state index is 13.7. The maximum Gasteiger partial charge on any atom is 2.00 e. The van der Waals surface area contributed by atoms with E-state index in [2.05, 4.69) is 14.9 Å². The van der Waals surface area contributed by atoms with E-state index in [9.17, 15) is 24.6 Å². The number of esters is 2. The Morgan fingerprint density at radius 2 is 1.36 bits per heavy atom. The number of rotatable bonds is 12. The Labute approximate surface area is 305 Å². The average Bonchev–Trinajstić information content (AvgIpc) is 3.49. The summed E-state index contributed by atoms with van der Waals surface area (Å²) < 4.78 is 11.0. The number of ether oxygens (including phenoxy) is 2. The molecule has 0 spiro atoms. The molecule has 269 valence electrons. The molecular weight excluding hydrogens is 686 g/mol. The van der Waals surface area contributed by atoms with Crippen molar-refractivity contribution in [3.05, 3.63) is 102 Å². The number of nitrogens with zero attached hydrogens (tertiary/aromatic N) is 3. The van der Waals surface area contributed by atoms with Gasteiger partial charge in [-0.25, -0.2) is 0 Å². The van der Waals surface area contributed by atoms with Crippen LogP contribution >= 0.6 is 0 Å². The normalized spacial score (nSPS) is 16.4. The Balaban J connectivity index is 0.00000676. The van der Waals surface area contributed by atoms with Gasteiger partial charge in [0.15, 0.2) is 5.92 Å². The van der Waals surface area contributed by atoms with Gasteiger partial charge in [0.05, 0.1) is 23.4 Å². The molecule has 0 N–H and O–H groups in total. The van der Waals surface area contributed by atoms with Crippen LogP contribution in [0.15, 0.2) is 94.9 Å². The van der Waals surface area contributed by atoms with E-state index in [-0.39, 0.29) is 28.7 Å². The average molecular weight is 731 g/mol. The van der Waals surface area contributed by atoms with Crippen LogP contribution in [0.1, 0.15) is 77.5 Å². The molecule has 4 rings (SSSR count). The first-order valence-corrected chi connectivity index (χ1v) is 16.5. The van der Waals surface area contributed by atoms with Crippen LogP contribution < -0.4 is 10.2 Å². The first kappa shape index (κ1) is 40.1. The van der Waals surface area contributed by atoms with Gasteiger partial charge in [0, 0.05) is 23.7 Å². The van der Waals surface area contributed by atoms with E-state index in [0.717, 1.165) is 18.5 Å². The van der Waals surface area contributed by atoms with Crippen molar-refractivity contribution in [2.24, 2.45) is 15.9 Å². The van der Waals surface area contributed by atoms with Gasteiger partial charge in [-0.15, -0.1) is 0 Å². The minimum Gasteiger partial charge on any atom is -0.861 e. The van der Waals surface area contributed by atoms with E-state index in [1.807, 2.05) is 30.3 Å². The molecule has 11 heteroatoms. The molecule has 3 aromatic rings. The smallest absolute Gasteiger partial charge is 0.861 e. The molecule has 0 saturated carbocycles. The second kappa shape index (κ2) is 17.6. The van der Waals surface area contributed by atoms with E-state index in [1.54, 1.807) is 96.1 Å². The molecule has 0 amide bonds. The Bertz CT molecular complexity index is 1640. The van der Waals surface area contributed by atoms with Gasteiger partial charge in [-0.2, -0.15) is 0 Å². The molecule has 10 nitrogen and oxygen atoms in total. The van der Waals surface area contributed by atoms with E-state index < -0.39 is 53.5 Å². The summed E-state index contributed by atoms with van der Waals surface area (Å²) in [4.78, 5) is 50.5. The number of aliphatic imine (C=N–C) groups is 2. The first-order valence-electron chi connectivity index (χ1n) is 16.5. The van der Waals surface area contributed by atoms with E-state index in [4.69, 9.17) is 9.47 Å². The number of carboxylic acid groups (broad SMARTS) is 1. The summed E-state index contributed by atoms with van der Waals surface area (Å²) >= 11 is 0. The van der Waals surface area contributed by atoms with E-state index in [1.165, 1.54) is 0 Å². The minimum absolute atomic E-state index is 0. The summed E-state index contributed by atoms with van der Waals surface area (Å²) in [5.41, 5.74) is 0.682. The van der Waals surface area contributed by atoms with Crippen molar-refractivity contribution in [1.29, 1.82) is 0 Å². The number of carbonyl (C=O) groups excluding carboxylic acids is 3. The van der Waals surface area contributed by atoms with Crippen molar-refractivity contribution < 1.29 is 51.1 Å². The molecular formula is C39H45CuN3O7. The number of likely N-dealkylation sites (tertiary alicyclic amines) is 1. The van der Waals surface area contributed by atoms with E-state index >= 15 is 0 Å². The zero-order valence-corrected chi connectivity index (χ0v) is 30.3. The van der Waals surface area contributed by atoms with Crippen LogP contribution in [0.5, 0.6) is 0 Å². The molecule has 1 saturated heterocycles. The summed E-state index contributed by atoms with van der Waals surface area (Å²) in [6.45, 7) is 11.3.